The first-order valence-corrected chi connectivity index (χ1v) is 10.6. The molecule has 5 rings (SSSR count). The van der Waals surface area contributed by atoms with E-state index in [-0.39, 0.29) is 17.6 Å². The van der Waals surface area contributed by atoms with E-state index in [4.69, 9.17) is 4.52 Å². The van der Waals surface area contributed by atoms with Crippen LogP contribution in [0.3, 0.4) is 0 Å². The van der Waals surface area contributed by atoms with Crippen LogP contribution in [0.25, 0.3) is 17.0 Å². The van der Waals surface area contributed by atoms with Gasteiger partial charge in [-0.15, -0.1) is 0 Å². The minimum absolute atomic E-state index is 0.189. The molecule has 29 heavy (non-hydrogen) atoms. The summed E-state index contributed by atoms with van der Waals surface area (Å²) in [4.78, 5) is 20.0. The van der Waals surface area contributed by atoms with Crippen molar-refractivity contribution in [2.24, 2.45) is 0 Å². The van der Waals surface area contributed by atoms with Gasteiger partial charge in [-0.2, -0.15) is 4.98 Å². The van der Waals surface area contributed by atoms with Crippen molar-refractivity contribution in [1.29, 1.82) is 0 Å². The molecule has 8 heteroatoms. The fourth-order valence-electron chi connectivity index (χ4n) is 5.01. The number of nitrogens with zero attached hydrogens (tertiary/aromatic N) is 5. The van der Waals surface area contributed by atoms with Gasteiger partial charge in [0.25, 0.3) is 5.95 Å². The molecule has 1 aromatic carbocycles. The standard InChI is InChI=1S/C21H26FN5O2/c1-2-26-17-10-7-15(22)13-18(17)27(21(26)28)20-23-19(29-24-20)14-5-8-16(9-6-14)25-11-3-4-12-25/h7,10,13-14,16H,2-6,8-9,11-12H2,1H3. The Balaban J connectivity index is 1.42. The Labute approximate surface area is 168 Å². The van der Waals surface area contributed by atoms with Crippen LogP contribution in [0.15, 0.2) is 27.5 Å². The van der Waals surface area contributed by atoms with Gasteiger partial charge in [0.05, 0.1) is 11.0 Å². The first-order valence-electron chi connectivity index (χ1n) is 10.6. The summed E-state index contributed by atoms with van der Waals surface area (Å²) in [6.07, 6.45) is 6.94. The van der Waals surface area contributed by atoms with Crippen LogP contribution in [0.1, 0.15) is 57.3 Å². The van der Waals surface area contributed by atoms with Gasteiger partial charge >= 0.3 is 5.69 Å². The number of rotatable bonds is 4. The Hall–Kier alpha value is -2.48. The fourth-order valence-corrected chi connectivity index (χ4v) is 5.01. The third-order valence-corrected chi connectivity index (χ3v) is 6.54. The minimum atomic E-state index is -0.400. The lowest BCUT2D eigenvalue weighted by molar-refractivity contribution is 0.172. The summed E-state index contributed by atoms with van der Waals surface area (Å²) in [6.45, 7) is 4.82. The van der Waals surface area contributed by atoms with Gasteiger partial charge in [0, 0.05) is 24.6 Å². The van der Waals surface area contributed by atoms with Crippen LogP contribution >= 0.6 is 0 Å². The van der Waals surface area contributed by atoms with Crippen molar-refractivity contribution in [2.75, 3.05) is 13.1 Å². The van der Waals surface area contributed by atoms with Crippen molar-refractivity contribution in [3.8, 4) is 5.95 Å². The zero-order valence-electron chi connectivity index (χ0n) is 16.7. The molecule has 7 nitrogen and oxygen atoms in total. The van der Waals surface area contributed by atoms with Crippen molar-refractivity contribution in [3.63, 3.8) is 0 Å². The Morgan fingerprint density at radius 3 is 2.62 bits per heavy atom. The summed E-state index contributed by atoms with van der Waals surface area (Å²) in [6, 6.07) is 5.00. The van der Waals surface area contributed by atoms with Crippen LogP contribution in [0.4, 0.5) is 4.39 Å². The molecule has 3 aromatic rings. The zero-order valence-corrected chi connectivity index (χ0v) is 16.7. The predicted molar refractivity (Wildman–Crippen MR) is 107 cm³/mol. The van der Waals surface area contributed by atoms with Crippen molar-refractivity contribution in [1.82, 2.24) is 24.2 Å². The fraction of sp³-hybridized carbons (Fsp3) is 0.571. The average Bonchev–Trinajstić information content (AvgIpc) is 3.47. The second kappa shape index (κ2) is 7.40. The van der Waals surface area contributed by atoms with Crippen LogP contribution in [0.5, 0.6) is 0 Å². The maximum absolute atomic E-state index is 13.8. The van der Waals surface area contributed by atoms with Gasteiger partial charge in [0.2, 0.25) is 5.89 Å². The summed E-state index contributed by atoms with van der Waals surface area (Å²) in [5, 5.41) is 4.08. The molecular formula is C21H26FN5O2. The van der Waals surface area contributed by atoms with Crippen molar-refractivity contribution in [3.05, 3.63) is 40.4 Å². The van der Waals surface area contributed by atoms with Crippen LogP contribution in [0, 0.1) is 5.82 Å². The number of aromatic nitrogens is 4. The van der Waals surface area contributed by atoms with Crippen molar-refractivity contribution < 1.29 is 8.91 Å². The minimum Gasteiger partial charge on any atom is -0.337 e. The number of likely N-dealkylation sites (tertiary alicyclic amines) is 1. The summed E-state index contributed by atoms with van der Waals surface area (Å²) >= 11 is 0. The van der Waals surface area contributed by atoms with Crippen LogP contribution in [-0.2, 0) is 6.54 Å². The molecule has 3 heterocycles. The molecule has 1 aliphatic heterocycles. The van der Waals surface area contributed by atoms with E-state index >= 15 is 0 Å². The molecule has 0 radical (unpaired) electrons. The van der Waals surface area contributed by atoms with Gasteiger partial charge in [0.15, 0.2) is 0 Å². The van der Waals surface area contributed by atoms with Gasteiger partial charge in [0.1, 0.15) is 5.82 Å². The molecule has 0 amide bonds. The number of fused-ring (bicyclic) bond motifs is 1. The van der Waals surface area contributed by atoms with Crippen molar-refractivity contribution >= 4 is 11.0 Å². The largest absolute Gasteiger partial charge is 0.337 e. The third kappa shape index (κ3) is 3.19. The zero-order chi connectivity index (χ0) is 20.0. The molecule has 0 atom stereocenters. The highest BCUT2D eigenvalue weighted by atomic mass is 19.1. The van der Waals surface area contributed by atoms with Gasteiger partial charge in [-0.25, -0.2) is 13.8 Å². The van der Waals surface area contributed by atoms with Crippen LogP contribution in [-0.4, -0.2) is 43.3 Å². The number of aryl methyl sites for hydroxylation is 1. The van der Waals surface area contributed by atoms with Gasteiger partial charge in [-0.1, -0.05) is 0 Å². The van der Waals surface area contributed by atoms with E-state index in [0.29, 0.717) is 29.5 Å². The van der Waals surface area contributed by atoms with E-state index < -0.39 is 5.82 Å². The van der Waals surface area contributed by atoms with E-state index in [1.54, 1.807) is 10.6 Å². The summed E-state index contributed by atoms with van der Waals surface area (Å²) in [7, 11) is 0. The maximum atomic E-state index is 13.8. The Morgan fingerprint density at radius 1 is 1.14 bits per heavy atom. The molecular weight excluding hydrogens is 373 g/mol. The van der Waals surface area contributed by atoms with Crippen LogP contribution < -0.4 is 5.69 Å². The number of hydrogen-bond acceptors (Lipinski definition) is 5. The molecule has 0 bridgehead atoms. The molecule has 1 saturated carbocycles. The van der Waals surface area contributed by atoms with Crippen LogP contribution in [0.2, 0.25) is 0 Å². The van der Waals surface area contributed by atoms with Gasteiger partial charge in [-0.05, 0) is 75.8 Å². The predicted octanol–water partition coefficient (Wildman–Crippen LogP) is 3.46. The monoisotopic (exact) mass is 399 g/mol. The highest BCUT2D eigenvalue weighted by Gasteiger charge is 2.31. The van der Waals surface area contributed by atoms with Gasteiger partial charge < -0.3 is 9.42 Å². The number of benzene rings is 1. The topological polar surface area (TPSA) is 69.1 Å². The normalized spacial score (nSPS) is 23.2. The SMILES string of the molecule is CCn1c(=O)n(-c2noc(C3CCC(N4CCCC4)CC3)n2)c2cc(F)ccc21. The highest BCUT2D eigenvalue weighted by molar-refractivity contribution is 5.77. The Kier molecular flexibility index (Phi) is 4.73. The molecule has 2 aliphatic rings. The first-order chi connectivity index (χ1) is 14.2. The van der Waals surface area contributed by atoms with E-state index in [2.05, 4.69) is 15.0 Å². The number of imidazole rings is 1. The molecule has 0 unspecified atom stereocenters. The second-order valence-electron chi connectivity index (χ2n) is 8.18. The maximum Gasteiger partial charge on any atom is 0.336 e. The summed E-state index contributed by atoms with van der Waals surface area (Å²) < 4.78 is 22.3. The average molecular weight is 399 g/mol. The van der Waals surface area contributed by atoms with E-state index in [1.165, 1.54) is 42.6 Å². The second-order valence-corrected chi connectivity index (χ2v) is 8.18. The molecule has 154 valence electrons. The Morgan fingerprint density at radius 2 is 1.90 bits per heavy atom. The quantitative estimate of drug-likeness (QED) is 0.672. The lowest BCUT2D eigenvalue weighted by atomic mass is 9.85. The van der Waals surface area contributed by atoms with Crippen molar-refractivity contribution in [2.45, 2.75) is 64.0 Å². The lowest BCUT2D eigenvalue weighted by Crippen LogP contribution is -2.35. The number of hydrogen-bond donors (Lipinski definition) is 0. The lowest BCUT2D eigenvalue weighted by Gasteiger charge is -2.33. The van der Waals surface area contributed by atoms with Gasteiger partial charge in [-0.3, -0.25) is 4.57 Å². The summed E-state index contributed by atoms with van der Waals surface area (Å²) in [5.74, 6) is 0.598. The number of halogens is 1. The molecule has 0 spiro atoms. The van der Waals surface area contributed by atoms with E-state index in [9.17, 15) is 9.18 Å². The van der Waals surface area contributed by atoms with E-state index in [1.807, 2.05) is 6.92 Å². The highest BCUT2D eigenvalue weighted by Crippen LogP contribution is 2.35. The summed E-state index contributed by atoms with van der Waals surface area (Å²) in [5.41, 5.74) is 0.844. The third-order valence-electron chi connectivity index (χ3n) is 6.54. The smallest absolute Gasteiger partial charge is 0.336 e. The Bertz CT molecular complexity index is 1070. The molecule has 2 aromatic heterocycles. The molecule has 2 fully saturated rings. The van der Waals surface area contributed by atoms with E-state index in [0.717, 1.165) is 25.7 Å². The molecule has 1 saturated heterocycles. The first kappa shape index (κ1) is 18.5. The molecule has 0 N–H and O–H groups in total. The molecule has 1 aliphatic carbocycles.